The molecule has 0 aliphatic rings. The average molecular weight is 290 g/mol. The fourth-order valence-electron chi connectivity index (χ4n) is 1.72. The highest BCUT2D eigenvalue weighted by Crippen LogP contribution is 2.16. The molecule has 0 radical (unpaired) electrons. The number of carbonyl (C=O) groups is 1. The minimum absolute atomic E-state index is 0.0842. The van der Waals surface area contributed by atoms with E-state index in [1.165, 1.54) is 4.88 Å². The Labute approximate surface area is 122 Å². The average Bonchev–Trinajstić information content (AvgIpc) is 2.94. The Hall–Kier alpha value is -1.85. The number of thiophene rings is 1. The Balaban J connectivity index is 1.62. The first-order chi connectivity index (χ1) is 9.75. The van der Waals surface area contributed by atoms with Crippen LogP contribution >= 0.6 is 11.3 Å². The van der Waals surface area contributed by atoms with Gasteiger partial charge in [-0.05, 0) is 23.6 Å². The Morgan fingerprint density at radius 1 is 1.20 bits per heavy atom. The maximum absolute atomic E-state index is 11.7. The molecule has 0 saturated heterocycles. The van der Waals surface area contributed by atoms with Crippen molar-refractivity contribution in [3.05, 3.63) is 46.7 Å². The second-order valence-electron chi connectivity index (χ2n) is 4.33. The summed E-state index contributed by atoms with van der Waals surface area (Å²) in [5.41, 5.74) is 6.97. The zero-order valence-corrected chi connectivity index (χ0v) is 12.0. The van der Waals surface area contributed by atoms with E-state index in [0.29, 0.717) is 31.0 Å². The summed E-state index contributed by atoms with van der Waals surface area (Å²) >= 11 is 1.72. The van der Waals surface area contributed by atoms with Crippen LogP contribution < -0.4 is 11.1 Å². The van der Waals surface area contributed by atoms with Gasteiger partial charge in [-0.1, -0.05) is 18.2 Å². The predicted octanol–water partition coefficient (Wildman–Crippen LogP) is 2.92. The maximum atomic E-state index is 11.7. The Morgan fingerprint density at radius 2 is 2.05 bits per heavy atom. The van der Waals surface area contributed by atoms with Crippen molar-refractivity contribution in [2.45, 2.75) is 12.8 Å². The molecule has 3 N–H and O–H groups in total. The molecule has 1 heterocycles. The van der Waals surface area contributed by atoms with Gasteiger partial charge in [0.25, 0.3) is 0 Å². The van der Waals surface area contributed by atoms with Crippen LogP contribution in [0.25, 0.3) is 0 Å². The standard InChI is InChI=1S/C15H18N2O2S/c16-13-5-1-2-6-14(13)17-15(18)8-10-19-9-7-12-4-3-11-20-12/h1-6,11H,7-10,16H2,(H,17,18). The monoisotopic (exact) mass is 290 g/mol. The van der Waals surface area contributed by atoms with E-state index in [1.807, 2.05) is 23.6 Å². The third-order valence-corrected chi connectivity index (χ3v) is 3.72. The van der Waals surface area contributed by atoms with Gasteiger partial charge in [0.05, 0.1) is 31.0 Å². The largest absolute Gasteiger partial charge is 0.397 e. The van der Waals surface area contributed by atoms with Crippen LogP contribution in [-0.2, 0) is 16.0 Å². The zero-order chi connectivity index (χ0) is 14.2. The van der Waals surface area contributed by atoms with Crippen LogP contribution in [0.4, 0.5) is 11.4 Å². The van der Waals surface area contributed by atoms with Gasteiger partial charge in [-0.25, -0.2) is 0 Å². The minimum Gasteiger partial charge on any atom is -0.397 e. The van der Waals surface area contributed by atoms with E-state index >= 15 is 0 Å². The van der Waals surface area contributed by atoms with Gasteiger partial charge in [0.1, 0.15) is 0 Å². The van der Waals surface area contributed by atoms with Crippen molar-refractivity contribution in [3.8, 4) is 0 Å². The van der Waals surface area contributed by atoms with Crippen LogP contribution in [0.1, 0.15) is 11.3 Å². The van der Waals surface area contributed by atoms with Crippen molar-refractivity contribution < 1.29 is 9.53 Å². The van der Waals surface area contributed by atoms with Gasteiger partial charge in [0, 0.05) is 11.3 Å². The van der Waals surface area contributed by atoms with Crippen molar-refractivity contribution in [1.29, 1.82) is 0 Å². The fourth-order valence-corrected chi connectivity index (χ4v) is 2.41. The van der Waals surface area contributed by atoms with E-state index in [4.69, 9.17) is 10.5 Å². The third kappa shape index (κ3) is 4.68. The summed E-state index contributed by atoms with van der Waals surface area (Å²) in [6.07, 6.45) is 1.23. The second kappa shape index (κ2) is 7.67. The number of nitrogens with two attached hydrogens (primary N) is 1. The number of hydrogen-bond donors (Lipinski definition) is 2. The van der Waals surface area contributed by atoms with Gasteiger partial charge < -0.3 is 15.8 Å². The molecule has 2 aromatic rings. The van der Waals surface area contributed by atoms with Gasteiger partial charge in [0.2, 0.25) is 5.91 Å². The predicted molar refractivity (Wildman–Crippen MR) is 82.9 cm³/mol. The van der Waals surface area contributed by atoms with Crippen LogP contribution in [0.2, 0.25) is 0 Å². The first kappa shape index (κ1) is 14.6. The highest BCUT2D eigenvalue weighted by atomic mass is 32.1. The summed E-state index contributed by atoms with van der Waals surface area (Å²) in [4.78, 5) is 13.0. The first-order valence-electron chi connectivity index (χ1n) is 6.50. The van der Waals surface area contributed by atoms with Crippen molar-refractivity contribution in [1.82, 2.24) is 0 Å². The molecule has 0 saturated carbocycles. The third-order valence-electron chi connectivity index (χ3n) is 2.78. The number of carbonyl (C=O) groups excluding carboxylic acids is 1. The summed E-state index contributed by atoms with van der Waals surface area (Å²) in [6, 6.07) is 11.3. The van der Waals surface area contributed by atoms with Gasteiger partial charge >= 0.3 is 0 Å². The number of ether oxygens (including phenoxy) is 1. The molecule has 4 nitrogen and oxygen atoms in total. The number of amides is 1. The Bertz CT molecular complexity index is 541. The zero-order valence-electron chi connectivity index (χ0n) is 11.2. The van der Waals surface area contributed by atoms with Gasteiger partial charge in [-0.15, -0.1) is 11.3 Å². The molecule has 5 heteroatoms. The fraction of sp³-hybridized carbons (Fsp3) is 0.267. The molecule has 0 aliphatic carbocycles. The molecule has 20 heavy (non-hydrogen) atoms. The lowest BCUT2D eigenvalue weighted by Gasteiger charge is -2.08. The molecule has 1 aromatic heterocycles. The van der Waals surface area contributed by atoms with E-state index < -0.39 is 0 Å². The van der Waals surface area contributed by atoms with Crippen molar-refractivity contribution in [2.24, 2.45) is 0 Å². The van der Waals surface area contributed by atoms with Crippen LogP contribution in [0, 0.1) is 0 Å². The Kier molecular flexibility index (Phi) is 5.58. The highest BCUT2D eigenvalue weighted by Gasteiger charge is 2.04. The van der Waals surface area contributed by atoms with E-state index in [2.05, 4.69) is 11.4 Å². The smallest absolute Gasteiger partial charge is 0.226 e. The lowest BCUT2D eigenvalue weighted by atomic mass is 10.2. The molecular weight excluding hydrogens is 272 g/mol. The molecule has 1 amide bonds. The molecule has 2 rings (SSSR count). The van der Waals surface area contributed by atoms with Crippen molar-refractivity contribution >= 4 is 28.6 Å². The molecule has 0 spiro atoms. The molecule has 0 bridgehead atoms. The summed E-state index contributed by atoms with van der Waals surface area (Å²) in [6.45, 7) is 1.06. The molecule has 0 unspecified atom stereocenters. The maximum Gasteiger partial charge on any atom is 0.226 e. The first-order valence-corrected chi connectivity index (χ1v) is 7.38. The number of para-hydroxylation sites is 2. The number of benzene rings is 1. The van der Waals surface area contributed by atoms with Gasteiger partial charge in [-0.2, -0.15) is 0 Å². The van der Waals surface area contributed by atoms with E-state index in [-0.39, 0.29) is 5.91 Å². The summed E-state index contributed by atoms with van der Waals surface area (Å²) in [5.74, 6) is -0.0842. The lowest BCUT2D eigenvalue weighted by Crippen LogP contribution is -2.15. The quantitative estimate of drug-likeness (QED) is 0.608. The van der Waals surface area contributed by atoms with Crippen molar-refractivity contribution in [2.75, 3.05) is 24.3 Å². The molecule has 1 aromatic carbocycles. The van der Waals surface area contributed by atoms with Crippen LogP contribution in [-0.4, -0.2) is 19.1 Å². The summed E-state index contributed by atoms with van der Waals surface area (Å²) < 4.78 is 5.46. The van der Waals surface area contributed by atoms with Crippen LogP contribution in [0.15, 0.2) is 41.8 Å². The Morgan fingerprint density at radius 3 is 2.80 bits per heavy atom. The molecule has 0 fully saturated rings. The second-order valence-corrected chi connectivity index (χ2v) is 5.36. The number of anilines is 2. The highest BCUT2D eigenvalue weighted by molar-refractivity contribution is 7.09. The minimum atomic E-state index is -0.0842. The van der Waals surface area contributed by atoms with Crippen LogP contribution in [0.5, 0.6) is 0 Å². The number of nitrogens with one attached hydrogen (secondary N) is 1. The molecule has 0 aliphatic heterocycles. The normalized spacial score (nSPS) is 10.4. The molecular formula is C15H18N2O2S. The number of rotatable bonds is 7. The van der Waals surface area contributed by atoms with E-state index in [0.717, 1.165) is 6.42 Å². The molecule has 106 valence electrons. The van der Waals surface area contributed by atoms with E-state index in [9.17, 15) is 4.79 Å². The SMILES string of the molecule is Nc1ccccc1NC(=O)CCOCCc1cccs1. The van der Waals surface area contributed by atoms with Gasteiger partial charge in [0.15, 0.2) is 0 Å². The summed E-state index contributed by atoms with van der Waals surface area (Å²) in [7, 11) is 0. The number of nitrogen functional groups attached to an aromatic ring is 1. The summed E-state index contributed by atoms with van der Waals surface area (Å²) in [5, 5.41) is 4.82. The molecule has 0 atom stereocenters. The topological polar surface area (TPSA) is 64.3 Å². The number of hydrogen-bond acceptors (Lipinski definition) is 4. The van der Waals surface area contributed by atoms with E-state index in [1.54, 1.807) is 23.5 Å². The lowest BCUT2D eigenvalue weighted by molar-refractivity contribution is -0.117. The van der Waals surface area contributed by atoms with Crippen LogP contribution in [0.3, 0.4) is 0 Å². The van der Waals surface area contributed by atoms with Crippen molar-refractivity contribution in [3.63, 3.8) is 0 Å². The van der Waals surface area contributed by atoms with Gasteiger partial charge in [-0.3, -0.25) is 4.79 Å².